The second kappa shape index (κ2) is 7.69. The SMILES string of the molecule is CN(C(=O)COc1ccc(Br)cc1C(C)(C)C)C1CCCCC1. The number of amides is 1. The zero-order valence-corrected chi connectivity index (χ0v) is 16.3. The van der Waals surface area contributed by atoms with Crippen LogP contribution < -0.4 is 4.74 Å². The number of benzene rings is 1. The first-order valence-corrected chi connectivity index (χ1v) is 9.27. The fraction of sp³-hybridized carbons (Fsp3) is 0.632. The van der Waals surface area contributed by atoms with Crippen molar-refractivity contribution in [1.82, 2.24) is 4.90 Å². The molecule has 0 saturated heterocycles. The molecule has 1 aliphatic rings. The van der Waals surface area contributed by atoms with Gasteiger partial charge < -0.3 is 9.64 Å². The van der Waals surface area contributed by atoms with Crippen LogP contribution in [0.15, 0.2) is 22.7 Å². The van der Waals surface area contributed by atoms with Crippen LogP contribution in [0.5, 0.6) is 5.75 Å². The second-order valence-corrected chi connectivity index (χ2v) is 8.39. The lowest BCUT2D eigenvalue weighted by molar-refractivity contribution is -0.134. The van der Waals surface area contributed by atoms with E-state index in [0.717, 1.165) is 28.6 Å². The third kappa shape index (κ3) is 4.97. The number of carbonyl (C=O) groups is 1. The third-order valence-corrected chi connectivity index (χ3v) is 5.11. The minimum absolute atomic E-state index is 0.0303. The van der Waals surface area contributed by atoms with E-state index in [0.29, 0.717) is 6.04 Å². The summed E-state index contributed by atoms with van der Waals surface area (Å²) >= 11 is 3.51. The van der Waals surface area contributed by atoms with E-state index in [1.165, 1.54) is 19.3 Å². The van der Waals surface area contributed by atoms with Crippen molar-refractivity contribution in [3.8, 4) is 5.75 Å². The van der Waals surface area contributed by atoms with Crippen molar-refractivity contribution in [2.45, 2.75) is 64.3 Å². The summed E-state index contributed by atoms with van der Waals surface area (Å²) in [5.74, 6) is 0.866. The molecular weight excluding hydrogens is 354 g/mol. The fourth-order valence-electron chi connectivity index (χ4n) is 3.13. The zero-order valence-electron chi connectivity index (χ0n) is 14.7. The lowest BCUT2D eigenvalue weighted by Crippen LogP contribution is -2.40. The van der Waals surface area contributed by atoms with Crippen molar-refractivity contribution < 1.29 is 9.53 Å². The Morgan fingerprint density at radius 1 is 1.26 bits per heavy atom. The van der Waals surface area contributed by atoms with Gasteiger partial charge in [0.05, 0.1) is 0 Å². The van der Waals surface area contributed by atoms with Gasteiger partial charge in [-0.1, -0.05) is 56.0 Å². The molecule has 4 heteroatoms. The van der Waals surface area contributed by atoms with E-state index in [2.05, 4.69) is 42.8 Å². The molecule has 0 spiro atoms. The molecule has 0 atom stereocenters. The minimum Gasteiger partial charge on any atom is -0.483 e. The van der Waals surface area contributed by atoms with E-state index in [9.17, 15) is 4.79 Å². The number of hydrogen-bond donors (Lipinski definition) is 0. The number of halogens is 1. The van der Waals surface area contributed by atoms with Gasteiger partial charge in [-0.05, 0) is 36.5 Å². The number of likely N-dealkylation sites (N-methyl/N-ethyl adjacent to an activating group) is 1. The van der Waals surface area contributed by atoms with Gasteiger partial charge in [0.2, 0.25) is 0 Å². The molecule has 0 heterocycles. The Balaban J connectivity index is 2.01. The van der Waals surface area contributed by atoms with Crippen molar-refractivity contribution in [2.24, 2.45) is 0 Å². The van der Waals surface area contributed by atoms with Crippen molar-refractivity contribution in [2.75, 3.05) is 13.7 Å². The van der Waals surface area contributed by atoms with Crippen LogP contribution in [-0.2, 0) is 10.2 Å². The Labute approximate surface area is 148 Å². The average molecular weight is 382 g/mol. The maximum atomic E-state index is 12.4. The van der Waals surface area contributed by atoms with Gasteiger partial charge in [-0.15, -0.1) is 0 Å². The Hall–Kier alpha value is -1.03. The quantitative estimate of drug-likeness (QED) is 0.740. The molecule has 0 radical (unpaired) electrons. The van der Waals surface area contributed by atoms with E-state index in [1.807, 2.05) is 24.1 Å². The zero-order chi connectivity index (χ0) is 17.0. The smallest absolute Gasteiger partial charge is 0.260 e. The lowest BCUT2D eigenvalue weighted by atomic mass is 9.86. The summed E-state index contributed by atoms with van der Waals surface area (Å²) in [6, 6.07) is 6.36. The summed E-state index contributed by atoms with van der Waals surface area (Å²) in [5.41, 5.74) is 1.08. The summed E-state index contributed by atoms with van der Waals surface area (Å²) in [6.07, 6.45) is 5.98. The first-order chi connectivity index (χ1) is 10.8. The van der Waals surface area contributed by atoms with Crippen molar-refractivity contribution in [1.29, 1.82) is 0 Å². The van der Waals surface area contributed by atoms with E-state index in [1.54, 1.807) is 0 Å². The highest BCUT2D eigenvalue weighted by Gasteiger charge is 2.24. The van der Waals surface area contributed by atoms with Gasteiger partial charge in [0.1, 0.15) is 5.75 Å². The van der Waals surface area contributed by atoms with Crippen molar-refractivity contribution in [3.05, 3.63) is 28.2 Å². The Morgan fingerprint density at radius 2 is 1.91 bits per heavy atom. The number of ether oxygens (including phenoxy) is 1. The summed E-state index contributed by atoms with van der Waals surface area (Å²) in [6.45, 7) is 6.56. The van der Waals surface area contributed by atoms with Gasteiger partial charge in [-0.2, -0.15) is 0 Å². The van der Waals surface area contributed by atoms with Gasteiger partial charge in [0.25, 0.3) is 5.91 Å². The number of rotatable bonds is 4. The van der Waals surface area contributed by atoms with Crippen LogP contribution in [0, 0.1) is 0 Å². The van der Waals surface area contributed by atoms with E-state index in [-0.39, 0.29) is 17.9 Å². The number of carbonyl (C=O) groups excluding carboxylic acids is 1. The molecule has 1 fully saturated rings. The normalized spacial score (nSPS) is 16.2. The van der Waals surface area contributed by atoms with Gasteiger partial charge in [-0.3, -0.25) is 4.79 Å². The molecule has 0 aromatic heterocycles. The Kier molecular flexibility index (Phi) is 6.12. The van der Waals surface area contributed by atoms with E-state index < -0.39 is 0 Å². The van der Waals surface area contributed by atoms with Crippen LogP contribution in [0.25, 0.3) is 0 Å². The van der Waals surface area contributed by atoms with Crippen LogP contribution in [0.4, 0.5) is 0 Å². The Morgan fingerprint density at radius 3 is 2.52 bits per heavy atom. The standard InChI is InChI=1S/C19H28BrNO2/c1-19(2,3)16-12-14(20)10-11-17(16)23-13-18(22)21(4)15-8-6-5-7-9-15/h10-12,15H,5-9,13H2,1-4H3. The molecular formula is C19H28BrNO2. The predicted molar refractivity (Wildman–Crippen MR) is 98.0 cm³/mol. The summed E-state index contributed by atoms with van der Waals surface area (Å²) in [7, 11) is 1.91. The molecule has 1 saturated carbocycles. The molecule has 3 nitrogen and oxygen atoms in total. The molecule has 1 aromatic carbocycles. The maximum absolute atomic E-state index is 12.4. The summed E-state index contributed by atoms with van der Waals surface area (Å²) in [4.78, 5) is 14.3. The third-order valence-electron chi connectivity index (χ3n) is 4.62. The van der Waals surface area contributed by atoms with Gasteiger partial charge in [-0.25, -0.2) is 0 Å². The van der Waals surface area contributed by atoms with Crippen LogP contribution in [0.2, 0.25) is 0 Å². The van der Waals surface area contributed by atoms with Crippen LogP contribution in [0.3, 0.4) is 0 Å². The maximum Gasteiger partial charge on any atom is 0.260 e. The molecule has 23 heavy (non-hydrogen) atoms. The number of nitrogens with zero attached hydrogens (tertiary/aromatic N) is 1. The highest BCUT2D eigenvalue weighted by Crippen LogP contribution is 2.33. The predicted octanol–water partition coefficient (Wildman–Crippen LogP) is 4.92. The average Bonchev–Trinajstić information content (AvgIpc) is 2.52. The van der Waals surface area contributed by atoms with Crippen LogP contribution >= 0.6 is 15.9 Å². The van der Waals surface area contributed by atoms with Gasteiger partial charge >= 0.3 is 0 Å². The van der Waals surface area contributed by atoms with E-state index >= 15 is 0 Å². The molecule has 0 unspecified atom stereocenters. The highest BCUT2D eigenvalue weighted by molar-refractivity contribution is 9.10. The number of hydrogen-bond acceptors (Lipinski definition) is 2. The van der Waals surface area contributed by atoms with Gasteiger partial charge in [0, 0.05) is 23.1 Å². The van der Waals surface area contributed by atoms with E-state index in [4.69, 9.17) is 4.74 Å². The second-order valence-electron chi connectivity index (χ2n) is 7.48. The summed E-state index contributed by atoms with van der Waals surface area (Å²) < 4.78 is 6.91. The Bertz CT molecular complexity index is 545. The minimum atomic E-state index is -0.0303. The molecule has 0 N–H and O–H groups in total. The topological polar surface area (TPSA) is 29.5 Å². The first kappa shape index (κ1) is 18.3. The first-order valence-electron chi connectivity index (χ1n) is 8.47. The fourth-order valence-corrected chi connectivity index (χ4v) is 3.49. The molecule has 1 amide bonds. The molecule has 1 aromatic rings. The molecule has 2 rings (SSSR count). The molecule has 0 bridgehead atoms. The molecule has 128 valence electrons. The lowest BCUT2D eigenvalue weighted by Gasteiger charge is -2.31. The van der Waals surface area contributed by atoms with Crippen molar-refractivity contribution in [3.63, 3.8) is 0 Å². The highest BCUT2D eigenvalue weighted by atomic mass is 79.9. The van der Waals surface area contributed by atoms with Gasteiger partial charge in [0.15, 0.2) is 6.61 Å². The molecule has 0 aliphatic heterocycles. The van der Waals surface area contributed by atoms with Crippen molar-refractivity contribution >= 4 is 21.8 Å². The monoisotopic (exact) mass is 381 g/mol. The largest absolute Gasteiger partial charge is 0.483 e. The van der Waals surface area contributed by atoms with Crippen LogP contribution in [0.1, 0.15) is 58.4 Å². The molecule has 1 aliphatic carbocycles. The summed E-state index contributed by atoms with van der Waals surface area (Å²) in [5, 5.41) is 0. The van der Waals surface area contributed by atoms with Crippen LogP contribution in [-0.4, -0.2) is 30.5 Å².